The lowest BCUT2D eigenvalue weighted by molar-refractivity contribution is 0.00332. The Morgan fingerprint density at radius 3 is 3.00 bits per heavy atom. The summed E-state index contributed by atoms with van der Waals surface area (Å²) in [5.74, 6) is 0. The number of halogens is 1. The molecule has 1 fully saturated rings. The minimum absolute atomic E-state index is 0.396. The zero-order valence-corrected chi connectivity index (χ0v) is 11.1. The van der Waals surface area contributed by atoms with Gasteiger partial charge in [-0.25, -0.2) is 4.68 Å². The summed E-state index contributed by atoms with van der Waals surface area (Å²) < 4.78 is 8.51. The molecule has 1 aromatic carbocycles. The van der Waals surface area contributed by atoms with E-state index in [9.17, 15) is 0 Å². The van der Waals surface area contributed by atoms with Crippen LogP contribution < -0.4 is 0 Å². The van der Waals surface area contributed by atoms with E-state index >= 15 is 0 Å². The summed E-state index contributed by atoms with van der Waals surface area (Å²) in [4.78, 5) is 0. The molecule has 5 heteroatoms. The van der Waals surface area contributed by atoms with E-state index < -0.39 is 0 Å². The molecule has 0 amide bonds. The van der Waals surface area contributed by atoms with Crippen LogP contribution >= 0.6 is 22.6 Å². The van der Waals surface area contributed by atoms with Crippen LogP contribution in [-0.2, 0) is 4.74 Å². The second kappa shape index (κ2) is 3.96. The topological polar surface area (TPSA) is 39.9 Å². The van der Waals surface area contributed by atoms with Crippen molar-refractivity contribution in [2.45, 2.75) is 25.0 Å². The predicted molar refractivity (Wildman–Crippen MR) is 69.3 cm³/mol. The molecular weight excluding hydrogens is 317 g/mol. The molecule has 16 heavy (non-hydrogen) atoms. The van der Waals surface area contributed by atoms with Gasteiger partial charge in [0.25, 0.3) is 0 Å². The van der Waals surface area contributed by atoms with E-state index in [0.717, 1.165) is 23.9 Å². The zero-order valence-electron chi connectivity index (χ0n) is 8.93. The fourth-order valence-corrected chi connectivity index (χ4v) is 2.59. The van der Waals surface area contributed by atoms with E-state index in [-0.39, 0.29) is 0 Å². The number of rotatable bonds is 2. The molecule has 1 aliphatic carbocycles. The Balaban J connectivity index is 1.94. The van der Waals surface area contributed by atoms with Crippen molar-refractivity contribution in [3.63, 3.8) is 0 Å². The van der Waals surface area contributed by atoms with Crippen LogP contribution in [-0.4, -0.2) is 28.2 Å². The quantitative estimate of drug-likeness (QED) is 0.795. The normalized spacial score (nSPS) is 24.6. The lowest BCUT2D eigenvalue weighted by Gasteiger charge is -2.34. The fraction of sp³-hybridized carbons (Fsp3) is 0.455. The molecule has 0 saturated heterocycles. The van der Waals surface area contributed by atoms with E-state index in [1.165, 1.54) is 3.57 Å². The Morgan fingerprint density at radius 2 is 2.25 bits per heavy atom. The van der Waals surface area contributed by atoms with Crippen molar-refractivity contribution >= 4 is 33.6 Å². The van der Waals surface area contributed by atoms with Crippen molar-refractivity contribution in [3.05, 3.63) is 21.8 Å². The molecule has 0 spiro atoms. The highest BCUT2D eigenvalue weighted by molar-refractivity contribution is 14.1. The van der Waals surface area contributed by atoms with Gasteiger partial charge in [0.2, 0.25) is 0 Å². The molecule has 1 aliphatic rings. The highest BCUT2D eigenvalue weighted by Crippen LogP contribution is 2.35. The minimum atomic E-state index is 0.396. The van der Waals surface area contributed by atoms with Crippen LogP contribution in [0.15, 0.2) is 18.2 Å². The van der Waals surface area contributed by atoms with Gasteiger partial charge in [0, 0.05) is 10.7 Å². The average molecular weight is 329 g/mol. The number of nitrogens with zero attached hydrogens (tertiary/aromatic N) is 3. The smallest absolute Gasteiger partial charge is 0.114 e. The van der Waals surface area contributed by atoms with E-state index in [1.54, 1.807) is 7.11 Å². The number of methoxy groups -OCH3 is 1. The maximum atomic E-state index is 5.28. The van der Waals surface area contributed by atoms with Gasteiger partial charge < -0.3 is 4.74 Å². The van der Waals surface area contributed by atoms with Crippen LogP contribution in [0, 0.1) is 3.57 Å². The molecule has 0 aliphatic heterocycles. The molecule has 2 aromatic rings. The summed E-state index contributed by atoms with van der Waals surface area (Å²) in [5, 5.41) is 8.44. The first kappa shape index (κ1) is 10.5. The molecule has 3 rings (SSSR count). The van der Waals surface area contributed by atoms with Crippen LogP contribution in [0.4, 0.5) is 0 Å². The fourth-order valence-electron chi connectivity index (χ4n) is 2.11. The number of benzene rings is 1. The minimum Gasteiger partial charge on any atom is -0.381 e. The first-order valence-electron chi connectivity index (χ1n) is 5.31. The predicted octanol–water partition coefficient (Wildman–Crippen LogP) is 2.39. The van der Waals surface area contributed by atoms with Gasteiger partial charge in [0.05, 0.1) is 17.7 Å². The monoisotopic (exact) mass is 329 g/mol. The molecular formula is C11H12IN3O. The Hall–Kier alpha value is -0.690. The summed E-state index contributed by atoms with van der Waals surface area (Å²) >= 11 is 2.29. The van der Waals surface area contributed by atoms with E-state index in [2.05, 4.69) is 51.1 Å². The maximum Gasteiger partial charge on any atom is 0.114 e. The number of aromatic nitrogens is 3. The lowest BCUT2D eigenvalue weighted by atomic mass is 9.89. The molecule has 0 N–H and O–H groups in total. The van der Waals surface area contributed by atoms with Gasteiger partial charge in [-0.05, 0) is 53.6 Å². The first-order chi connectivity index (χ1) is 7.78. The van der Waals surface area contributed by atoms with E-state index in [1.807, 2.05) is 4.68 Å². The molecule has 4 nitrogen and oxygen atoms in total. The van der Waals surface area contributed by atoms with Crippen molar-refractivity contribution in [2.75, 3.05) is 7.11 Å². The second-order valence-corrected chi connectivity index (χ2v) is 5.40. The van der Waals surface area contributed by atoms with Crippen molar-refractivity contribution in [3.8, 4) is 0 Å². The van der Waals surface area contributed by atoms with Crippen LogP contribution in [0.25, 0.3) is 11.0 Å². The molecule has 0 unspecified atom stereocenters. The highest BCUT2D eigenvalue weighted by atomic mass is 127. The van der Waals surface area contributed by atoms with Crippen molar-refractivity contribution in [1.82, 2.24) is 15.0 Å². The molecule has 0 bridgehead atoms. The van der Waals surface area contributed by atoms with Crippen LogP contribution in [0.5, 0.6) is 0 Å². The Labute approximate surface area is 107 Å². The van der Waals surface area contributed by atoms with Gasteiger partial charge in [0.15, 0.2) is 0 Å². The second-order valence-electron chi connectivity index (χ2n) is 4.15. The summed E-state index contributed by atoms with van der Waals surface area (Å²) in [5.41, 5.74) is 2.10. The summed E-state index contributed by atoms with van der Waals surface area (Å²) in [6.45, 7) is 0. The van der Waals surface area contributed by atoms with Crippen LogP contribution in [0.1, 0.15) is 18.9 Å². The summed E-state index contributed by atoms with van der Waals surface area (Å²) in [6, 6.07) is 6.70. The number of hydrogen-bond donors (Lipinski definition) is 0. The highest BCUT2D eigenvalue weighted by Gasteiger charge is 2.32. The third-order valence-corrected chi connectivity index (χ3v) is 3.85. The number of hydrogen-bond acceptors (Lipinski definition) is 3. The number of fused-ring (bicyclic) bond motifs is 1. The van der Waals surface area contributed by atoms with Crippen LogP contribution in [0.2, 0.25) is 0 Å². The first-order valence-corrected chi connectivity index (χ1v) is 6.39. The van der Waals surface area contributed by atoms with Crippen molar-refractivity contribution < 1.29 is 4.74 Å². The van der Waals surface area contributed by atoms with Gasteiger partial charge in [-0.2, -0.15) is 0 Å². The molecule has 0 radical (unpaired) electrons. The third-order valence-electron chi connectivity index (χ3n) is 3.18. The van der Waals surface area contributed by atoms with Gasteiger partial charge in [0.1, 0.15) is 5.52 Å². The Bertz CT molecular complexity index is 519. The largest absolute Gasteiger partial charge is 0.381 e. The molecule has 0 atom stereocenters. The van der Waals surface area contributed by atoms with Crippen LogP contribution in [0.3, 0.4) is 0 Å². The third kappa shape index (κ3) is 1.62. The average Bonchev–Trinajstić information content (AvgIpc) is 2.60. The van der Waals surface area contributed by atoms with Crippen molar-refractivity contribution in [2.24, 2.45) is 0 Å². The Morgan fingerprint density at radius 1 is 1.44 bits per heavy atom. The molecule has 1 heterocycles. The summed E-state index contributed by atoms with van der Waals surface area (Å²) in [6.07, 6.45) is 2.48. The molecule has 1 saturated carbocycles. The number of ether oxygens (including phenoxy) is 1. The summed E-state index contributed by atoms with van der Waals surface area (Å²) in [7, 11) is 1.77. The van der Waals surface area contributed by atoms with E-state index in [0.29, 0.717) is 12.1 Å². The van der Waals surface area contributed by atoms with E-state index in [4.69, 9.17) is 4.74 Å². The lowest BCUT2D eigenvalue weighted by Crippen LogP contribution is -2.33. The SMILES string of the molecule is COC1CC(n2nnc3cc(I)ccc32)C1. The van der Waals surface area contributed by atoms with Gasteiger partial charge >= 0.3 is 0 Å². The van der Waals surface area contributed by atoms with Gasteiger partial charge in [-0.3, -0.25) is 0 Å². The molecule has 84 valence electrons. The Kier molecular flexibility index (Phi) is 2.59. The van der Waals surface area contributed by atoms with Crippen molar-refractivity contribution in [1.29, 1.82) is 0 Å². The molecule has 1 aromatic heterocycles. The zero-order chi connectivity index (χ0) is 11.1. The van der Waals surface area contributed by atoms with Gasteiger partial charge in [-0.15, -0.1) is 5.10 Å². The van der Waals surface area contributed by atoms with Gasteiger partial charge in [-0.1, -0.05) is 5.21 Å². The maximum absolute atomic E-state index is 5.28. The standard InChI is InChI=1S/C11H12IN3O/c1-16-9-5-8(6-9)15-11-3-2-7(12)4-10(11)13-14-15/h2-4,8-9H,5-6H2,1H3.